The highest BCUT2D eigenvalue weighted by Gasteiger charge is 2.21. The van der Waals surface area contributed by atoms with Gasteiger partial charge in [0.1, 0.15) is 5.69 Å². The van der Waals surface area contributed by atoms with Crippen LogP contribution in [0.25, 0.3) is 0 Å². The fourth-order valence-electron chi connectivity index (χ4n) is 2.40. The Morgan fingerprint density at radius 2 is 2.00 bits per heavy atom. The molecule has 0 radical (unpaired) electrons. The van der Waals surface area contributed by atoms with Crippen LogP contribution in [0, 0.1) is 13.8 Å². The van der Waals surface area contributed by atoms with Crippen molar-refractivity contribution in [1.82, 2.24) is 10.3 Å². The van der Waals surface area contributed by atoms with Gasteiger partial charge in [-0.25, -0.2) is 4.79 Å². The molecule has 3 N–H and O–H groups in total. The van der Waals surface area contributed by atoms with Crippen molar-refractivity contribution >= 4 is 17.6 Å². The van der Waals surface area contributed by atoms with Crippen LogP contribution in [0.2, 0.25) is 0 Å². The lowest BCUT2D eigenvalue weighted by molar-refractivity contribution is 0.0960. The average Bonchev–Trinajstić information content (AvgIpc) is 2.39. The number of aryl methyl sites for hydroxylation is 1. The number of hydrogen-bond acceptors (Lipinski definition) is 5. The second-order valence-electron chi connectivity index (χ2n) is 4.68. The lowest BCUT2D eigenvalue weighted by atomic mass is 10.1. The molecule has 0 atom stereocenters. The number of anilines is 1. The molecule has 0 bridgehead atoms. The van der Waals surface area contributed by atoms with Crippen LogP contribution >= 0.6 is 0 Å². The number of pyridine rings is 1. The first-order valence-corrected chi connectivity index (χ1v) is 6.40. The van der Waals surface area contributed by atoms with Gasteiger partial charge in [-0.1, -0.05) is 0 Å². The van der Waals surface area contributed by atoms with E-state index in [4.69, 9.17) is 10.5 Å². The van der Waals surface area contributed by atoms with Gasteiger partial charge in [0.15, 0.2) is 0 Å². The molecule has 0 unspecified atom stereocenters. The van der Waals surface area contributed by atoms with Crippen molar-refractivity contribution in [1.29, 1.82) is 0 Å². The highest BCUT2D eigenvalue weighted by atomic mass is 16.5. The van der Waals surface area contributed by atoms with E-state index in [-0.39, 0.29) is 5.69 Å². The number of nitrogens with one attached hydrogen (secondary N) is 1. The number of imide groups is 1. The number of amides is 3. The van der Waals surface area contributed by atoms with Crippen molar-refractivity contribution in [3.05, 3.63) is 23.0 Å². The van der Waals surface area contributed by atoms with E-state index in [9.17, 15) is 9.59 Å². The number of primary amides is 1. The van der Waals surface area contributed by atoms with Crippen molar-refractivity contribution in [2.45, 2.75) is 13.8 Å². The van der Waals surface area contributed by atoms with Gasteiger partial charge in [-0.2, -0.15) is 0 Å². The van der Waals surface area contributed by atoms with Gasteiger partial charge in [-0.05, 0) is 19.4 Å². The van der Waals surface area contributed by atoms with Crippen LogP contribution in [0.1, 0.15) is 21.6 Å². The lowest BCUT2D eigenvalue weighted by Gasteiger charge is -2.31. The Morgan fingerprint density at radius 3 is 2.60 bits per heavy atom. The SMILES string of the molecule is Cc1cnc(C(=O)NC(N)=O)c(C)c1N1CCOCC1. The molecule has 3 amide bonds. The third kappa shape index (κ3) is 2.88. The molecule has 1 saturated heterocycles. The summed E-state index contributed by atoms with van der Waals surface area (Å²) in [7, 11) is 0. The summed E-state index contributed by atoms with van der Waals surface area (Å²) in [4.78, 5) is 29.0. The minimum atomic E-state index is -0.885. The first kappa shape index (κ1) is 14.3. The molecule has 0 aliphatic carbocycles. The average molecular weight is 278 g/mol. The van der Waals surface area contributed by atoms with Crippen molar-refractivity contribution in [3.63, 3.8) is 0 Å². The predicted octanol–water partition coefficient (Wildman–Crippen LogP) is 0.344. The molecule has 7 heteroatoms. The van der Waals surface area contributed by atoms with Gasteiger partial charge in [-0.15, -0.1) is 0 Å². The first-order chi connectivity index (χ1) is 9.50. The van der Waals surface area contributed by atoms with Crippen LogP contribution in [0.4, 0.5) is 10.5 Å². The zero-order valence-electron chi connectivity index (χ0n) is 11.6. The zero-order chi connectivity index (χ0) is 14.7. The zero-order valence-corrected chi connectivity index (χ0v) is 11.6. The maximum absolute atomic E-state index is 11.9. The molecule has 1 fully saturated rings. The number of carbonyl (C=O) groups excluding carboxylic acids is 2. The predicted molar refractivity (Wildman–Crippen MR) is 73.8 cm³/mol. The minimum Gasteiger partial charge on any atom is -0.378 e. The molecular formula is C13H18N4O3. The Bertz CT molecular complexity index is 539. The lowest BCUT2D eigenvalue weighted by Crippen LogP contribution is -2.38. The smallest absolute Gasteiger partial charge is 0.319 e. The highest BCUT2D eigenvalue weighted by Crippen LogP contribution is 2.26. The summed E-state index contributed by atoms with van der Waals surface area (Å²) < 4.78 is 5.33. The van der Waals surface area contributed by atoms with E-state index in [2.05, 4.69) is 9.88 Å². The van der Waals surface area contributed by atoms with E-state index in [0.717, 1.165) is 29.9 Å². The van der Waals surface area contributed by atoms with Crippen molar-refractivity contribution in [2.75, 3.05) is 31.2 Å². The first-order valence-electron chi connectivity index (χ1n) is 6.40. The maximum atomic E-state index is 11.9. The summed E-state index contributed by atoms with van der Waals surface area (Å²) in [5.74, 6) is -0.579. The molecule has 7 nitrogen and oxygen atoms in total. The van der Waals surface area contributed by atoms with Gasteiger partial charge in [0, 0.05) is 30.5 Å². The number of urea groups is 1. The summed E-state index contributed by atoms with van der Waals surface area (Å²) >= 11 is 0. The van der Waals surface area contributed by atoms with Gasteiger partial charge >= 0.3 is 6.03 Å². The van der Waals surface area contributed by atoms with E-state index >= 15 is 0 Å². The van der Waals surface area contributed by atoms with E-state index in [1.54, 1.807) is 6.20 Å². The van der Waals surface area contributed by atoms with Crippen LogP contribution in [0.5, 0.6) is 0 Å². The maximum Gasteiger partial charge on any atom is 0.319 e. The van der Waals surface area contributed by atoms with E-state index in [1.807, 2.05) is 19.2 Å². The Morgan fingerprint density at radius 1 is 1.35 bits per heavy atom. The summed E-state index contributed by atoms with van der Waals surface area (Å²) in [5, 5.41) is 2.04. The molecule has 108 valence electrons. The quantitative estimate of drug-likeness (QED) is 0.813. The molecule has 1 aromatic rings. The van der Waals surface area contributed by atoms with Gasteiger partial charge in [-0.3, -0.25) is 15.1 Å². The Balaban J connectivity index is 2.36. The van der Waals surface area contributed by atoms with E-state index in [1.165, 1.54) is 0 Å². The Hall–Kier alpha value is -2.15. The molecule has 0 aromatic carbocycles. The van der Waals surface area contributed by atoms with Gasteiger partial charge in [0.25, 0.3) is 5.91 Å². The summed E-state index contributed by atoms with van der Waals surface area (Å²) in [6.45, 7) is 6.61. The molecule has 2 heterocycles. The summed E-state index contributed by atoms with van der Waals surface area (Å²) in [6.07, 6.45) is 1.63. The Labute approximate surface area is 117 Å². The van der Waals surface area contributed by atoms with Crippen molar-refractivity contribution < 1.29 is 14.3 Å². The van der Waals surface area contributed by atoms with Crippen molar-refractivity contribution in [3.8, 4) is 0 Å². The third-order valence-electron chi connectivity index (χ3n) is 3.25. The second kappa shape index (κ2) is 5.87. The number of hydrogen-bond donors (Lipinski definition) is 2. The molecule has 1 aliphatic heterocycles. The Kier molecular flexibility index (Phi) is 4.19. The highest BCUT2D eigenvalue weighted by molar-refractivity contribution is 6.04. The summed E-state index contributed by atoms with van der Waals surface area (Å²) in [6, 6.07) is -0.885. The topological polar surface area (TPSA) is 97.6 Å². The van der Waals surface area contributed by atoms with Crippen LogP contribution in [-0.4, -0.2) is 43.2 Å². The fraction of sp³-hybridized carbons (Fsp3) is 0.462. The standard InChI is InChI=1S/C13H18N4O3/c1-8-7-15-10(12(18)16-13(14)19)9(2)11(8)17-3-5-20-6-4-17/h7H,3-6H2,1-2H3,(H3,14,16,18,19). The fourth-order valence-corrected chi connectivity index (χ4v) is 2.40. The number of nitrogens with zero attached hydrogens (tertiary/aromatic N) is 2. The molecule has 0 saturated carbocycles. The molecule has 0 spiro atoms. The second-order valence-corrected chi connectivity index (χ2v) is 4.68. The van der Waals surface area contributed by atoms with Crippen molar-refractivity contribution in [2.24, 2.45) is 5.73 Å². The normalized spacial score (nSPS) is 15.0. The van der Waals surface area contributed by atoms with Gasteiger partial charge in [0.2, 0.25) is 0 Å². The van der Waals surface area contributed by atoms with Gasteiger partial charge < -0.3 is 15.4 Å². The number of rotatable bonds is 2. The van der Waals surface area contributed by atoms with Crippen LogP contribution < -0.4 is 16.0 Å². The number of nitrogens with two attached hydrogens (primary N) is 1. The number of ether oxygens (including phenoxy) is 1. The monoisotopic (exact) mass is 278 g/mol. The number of morpholine rings is 1. The largest absolute Gasteiger partial charge is 0.378 e. The molecule has 20 heavy (non-hydrogen) atoms. The van der Waals surface area contributed by atoms with Crippen LogP contribution in [0.3, 0.4) is 0 Å². The molecule has 1 aliphatic rings. The van der Waals surface area contributed by atoms with Gasteiger partial charge in [0.05, 0.1) is 13.2 Å². The third-order valence-corrected chi connectivity index (χ3v) is 3.25. The molecule has 2 rings (SSSR count). The minimum absolute atomic E-state index is 0.218. The summed E-state index contributed by atoms with van der Waals surface area (Å²) in [5.41, 5.74) is 7.88. The molecular weight excluding hydrogens is 260 g/mol. The number of carbonyl (C=O) groups is 2. The van der Waals surface area contributed by atoms with E-state index < -0.39 is 11.9 Å². The van der Waals surface area contributed by atoms with Crippen LogP contribution in [-0.2, 0) is 4.74 Å². The number of aromatic nitrogens is 1. The molecule has 1 aromatic heterocycles. The van der Waals surface area contributed by atoms with E-state index in [0.29, 0.717) is 13.2 Å². The van der Waals surface area contributed by atoms with Crippen LogP contribution in [0.15, 0.2) is 6.20 Å².